The number of aromatic nitrogens is 2. The Morgan fingerprint density at radius 1 is 1.17 bits per heavy atom. The van der Waals surface area contributed by atoms with Crippen LogP contribution < -0.4 is 5.32 Å². The molecule has 2 aromatic rings. The highest BCUT2D eigenvalue weighted by Crippen LogP contribution is 2.16. The fourth-order valence-corrected chi connectivity index (χ4v) is 1.51. The molecule has 1 aromatic heterocycles. The maximum Gasteiger partial charge on any atom is 0.259 e. The molecule has 1 heterocycles. The fraction of sp³-hybridized carbons (Fsp3) is 0. The van der Waals surface area contributed by atoms with E-state index in [-0.39, 0.29) is 21.6 Å². The van der Waals surface area contributed by atoms with Crippen LogP contribution in [0.25, 0.3) is 0 Å². The lowest BCUT2D eigenvalue weighted by molar-refractivity contribution is 0.102. The number of benzene rings is 1. The fourth-order valence-electron chi connectivity index (χ4n) is 1.24. The Morgan fingerprint density at radius 3 is 2.61 bits per heavy atom. The summed E-state index contributed by atoms with van der Waals surface area (Å²) in [6.07, 6.45) is 0. The first-order valence-corrected chi connectivity index (χ1v) is 5.57. The lowest BCUT2D eigenvalue weighted by atomic mass is 10.2. The zero-order valence-corrected chi connectivity index (χ0v) is 10.3. The van der Waals surface area contributed by atoms with Gasteiger partial charge in [-0.15, -0.1) is 10.2 Å². The van der Waals surface area contributed by atoms with Gasteiger partial charge in [-0.1, -0.05) is 23.2 Å². The molecular weight excluding hydrogens is 280 g/mol. The number of amides is 1. The molecule has 0 saturated carbocycles. The van der Waals surface area contributed by atoms with Crippen molar-refractivity contribution in [2.75, 3.05) is 5.32 Å². The molecule has 0 spiro atoms. The molecule has 0 radical (unpaired) electrons. The molecule has 1 amide bonds. The number of anilines is 1. The average molecular weight is 286 g/mol. The Morgan fingerprint density at radius 2 is 1.94 bits per heavy atom. The summed E-state index contributed by atoms with van der Waals surface area (Å²) in [6.45, 7) is 0. The molecule has 1 N–H and O–H groups in total. The maximum atomic E-state index is 13.4. The van der Waals surface area contributed by atoms with Crippen molar-refractivity contribution < 1.29 is 9.18 Å². The van der Waals surface area contributed by atoms with E-state index in [0.29, 0.717) is 0 Å². The predicted molar refractivity (Wildman–Crippen MR) is 66.4 cm³/mol. The molecule has 1 aromatic carbocycles. The maximum absolute atomic E-state index is 13.4. The summed E-state index contributed by atoms with van der Waals surface area (Å²) in [4.78, 5) is 11.8. The van der Waals surface area contributed by atoms with E-state index in [9.17, 15) is 9.18 Å². The minimum atomic E-state index is -0.668. The van der Waals surface area contributed by atoms with Gasteiger partial charge >= 0.3 is 0 Å². The average Bonchev–Trinajstić information content (AvgIpc) is 2.35. The van der Waals surface area contributed by atoms with Gasteiger partial charge in [-0.2, -0.15) is 0 Å². The Hall–Kier alpha value is -1.72. The van der Waals surface area contributed by atoms with Crippen LogP contribution in [0.4, 0.5) is 10.2 Å². The molecular formula is C11H6Cl2FN3O. The van der Waals surface area contributed by atoms with Crippen molar-refractivity contribution in [3.05, 3.63) is 51.9 Å². The van der Waals surface area contributed by atoms with Crippen molar-refractivity contribution >= 4 is 34.9 Å². The van der Waals surface area contributed by atoms with E-state index in [0.717, 1.165) is 6.07 Å². The molecule has 92 valence electrons. The third kappa shape index (κ3) is 2.94. The van der Waals surface area contributed by atoms with Crippen molar-refractivity contribution in [3.63, 3.8) is 0 Å². The highest BCUT2D eigenvalue weighted by Gasteiger charge is 2.13. The van der Waals surface area contributed by atoms with E-state index < -0.39 is 11.7 Å². The van der Waals surface area contributed by atoms with Gasteiger partial charge < -0.3 is 5.32 Å². The van der Waals surface area contributed by atoms with Gasteiger partial charge in [-0.05, 0) is 30.3 Å². The van der Waals surface area contributed by atoms with E-state index in [1.807, 2.05) is 0 Å². The standard InChI is InChI=1S/C11H6Cl2FN3O/c12-6-1-2-8(14)7(5-6)11(18)15-10-4-3-9(13)16-17-10/h1-5H,(H,15,17,18). The Balaban J connectivity index is 2.21. The van der Waals surface area contributed by atoms with Crippen LogP contribution in [0.5, 0.6) is 0 Å². The first-order chi connectivity index (χ1) is 8.56. The van der Waals surface area contributed by atoms with Crippen molar-refractivity contribution in [1.82, 2.24) is 10.2 Å². The number of carbonyl (C=O) groups is 1. The zero-order chi connectivity index (χ0) is 13.1. The second-order valence-electron chi connectivity index (χ2n) is 3.32. The summed E-state index contributed by atoms with van der Waals surface area (Å²) in [5, 5.41) is 10.0. The molecule has 0 bridgehead atoms. The van der Waals surface area contributed by atoms with E-state index in [2.05, 4.69) is 15.5 Å². The number of carbonyl (C=O) groups excluding carboxylic acids is 1. The highest BCUT2D eigenvalue weighted by molar-refractivity contribution is 6.31. The van der Waals surface area contributed by atoms with Crippen molar-refractivity contribution in [2.24, 2.45) is 0 Å². The molecule has 0 unspecified atom stereocenters. The summed E-state index contributed by atoms with van der Waals surface area (Å²) in [6, 6.07) is 6.62. The van der Waals surface area contributed by atoms with Crippen LogP contribution in [-0.4, -0.2) is 16.1 Å². The van der Waals surface area contributed by atoms with Gasteiger partial charge in [-0.25, -0.2) is 4.39 Å². The second-order valence-corrected chi connectivity index (χ2v) is 4.14. The van der Waals surface area contributed by atoms with Crippen LogP contribution in [0.15, 0.2) is 30.3 Å². The minimum absolute atomic E-state index is 0.167. The SMILES string of the molecule is O=C(Nc1ccc(Cl)nn1)c1cc(Cl)ccc1F. The summed E-state index contributed by atoms with van der Waals surface area (Å²) >= 11 is 11.2. The smallest absolute Gasteiger partial charge is 0.259 e. The van der Waals surface area contributed by atoms with Gasteiger partial charge in [0.25, 0.3) is 5.91 Å². The third-order valence-corrected chi connectivity index (χ3v) is 2.48. The molecule has 0 aliphatic heterocycles. The molecule has 0 saturated heterocycles. The summed E-state index contributed by atoms with van der Waals surface area (Å²) in [7, 11) is 0. The van der Waals surface area contributed by atoms with Crippen LogP contribution in [0.3, 0.4) is 0 Å². The molecule has 4 nitrogen and oxygen atoms in total. The van der Waals surface area contributed by atoms with Crippen LogP contribution in [-0.2, 0) is 0 Å². The Labute approximate surface area is 112 Å². The summed E-state index contributed by atoms with van der Waals surface area (Å²) in [5.41, 5.74) is -0.167. The largest absolute Gasteiger partial charge is 0.305 e. The first-order valence-electron chi connectivity index (χ1n) is 4.82. The monoisotopic (exact) mass is 285 g/mol. The van der Waals surface area contributed by atoms with Crippen molar-refractivity contribution in [2.45, 2.75) is 0 Å². The molecule has 7 heteroatoms. The molecule has 18 heavy (non-hydrogen) atoms. The number of hydrogen-bond acceptors (Lipinski definition) is 3. The number of nitrogens with one attached hydrogen (secondary N) is 1. The van der Waals surface area contributed by atoms with Gasteiger partial charge in [0.15, 0.2) is 11.0 Å². The van der Waals surface area contributed by atoms with E-state index >= 15 is 0 Å². The molecule has 0 atom stereocenters. The normalized spacial score (nSPS) is 10.2. The minimum Gasteiger partial charge on any atom is -0.305 e. The molecule has 0 fully saturated rings. The topological polar surface area (TPSA) is 54.9 Å². The molecule has 0 aliphatic carbocycles. The quantitative estimate of drug-likeness (QED) is 0.922. The van der Waals surface area contributed by atoms with Gasteiger partial charge in [0.2, 0.25) is 0 Å². The van der Waals surface area contributed by atoms with E-state index in [4.69, 9.17) is 23.2 Å². The number of nitrogens with zero attached hydrogens (tertiary/aromatic N) is 2. The summed E-state index contributed by atoms with van der Waals surface area (Å²) < 4.78 is 13.4. The van der Waals surface area contributed by atoms with Crippen molar-refractivity contribution in [3.8, 4) is 0 Å². The van der Waals surface area contributed by atoms with Crippen LogP contribution in [0.1, 0.15) is 10.4 Å². The zero-order valence-electron chi connectivity index (χ0n) is 8.82. The number of rotatable bonds is 2. The van der Waals surface area contributed by atoms with Crippen molar-refractivity contribution in [1.29, 1.82) is 0 Å². The Bertz CT molecular complexity index is 589. The lowest BCUT2D eigenvalue weighted by Crippen LogP contribution is -2.15. The molecule has 0 aliphatic rings. The number of hydrogen-bond donors (Lipinski definition) is 1. The van der Waals surface area contributed by atoms with E-state index in [1.165, 1.54) is 24.3 Å². The lowest BCUT2D eigenvalue weighted by Gasteiger charge is -2.05. The second kappa shape index (κ2) is 5.29. The van der Waals surface area contributed by atoms with Gasteiger partial charge in [0, 0.05) is 5.02 Å². The summed E-state index contributed by atoms with van der Waals surface area (Å²) in [5.74, 6) is -1.16. The predicted octanol–water partition coefficient (Wildman–Crippen LogP) is 3.17. The van der Waals surface area contributed by atoms with Gasteiger partial charge in [-0.3, -0.25) is 4.79 Å². The number of halogens is 3. The van der Waals surface area contributed by atoms with Crippen LogP contribution in [0.2, 0.25) is 10.2 Å². The first kappa shape index (κ1) is 12.7. The third-order valence-electron chi connectivity index (χ3n) is 2.05. The van der Waals surface area contributed by atoms with E-state index in [1.54, 1.807) is 0 Å². The van der Waals surface area contributed by atoms with Gasteiger partial charge in [0.1, 0.15) is 5.82 Å². The Kier molecular flexibility index (Phi) is 3.74. The van der Waals surface area contributed by atoms with Crippen LogP contribution in [0, 0.1) is 5.82 Å². The van der Waals surface area contributed by atoms with Gasteiger partial charge in [0.05, 0.1) is 5.56 Å². The highest BCUT2D eigenvalue weighted by atomic mass is 35.5. The van der Waals surface area contributed by atoms with Crippen LogP contribution >= 0.6 is 23.2 Å². The molecule has 2 rings (SSSR count).